The molecule has 0 aliphatic heterocycles. The molecule has 0 aromatic heterocycles. The van der Waals surface area contributed by atoms with Crippen molar-refractivity contribution in [1.82, 2.24) is 5.32 Å². The fourth-order valence-electron chi connectivity index (χ4n) is 1.90. The SMILES string of the molecule is Cc1cccc(OCCNC(=O)c2ccccc2)c1C. The van der Waals surface area contributed by atoms with E-state index in [1.807, 2.05) is 37.3 Å². The first-order valence-corrected chi connectivity index (χ1v) is 6.71. The van der Waals surface area contributed by atoms with Crippen LogP contribution < -0.4 is 10.1 Å². The number of rotatable bonds is 5. The zero-order valence-electron chi connectivity index (χ0n) is 11.8. The quantitative estimate of drug-likeness (QED) is 0.847. The summed E-state index contributed by atoms with van der Waals surface area (Å²) in [6.07, 6.45) is 0. The van der Waals surface area contributed by atoms with Gasteiger partial charge in [-0.25, -0.2) is 0 Å². The lowest BCUT2D eigenvalue weighted by atomic mass is 10.1. The summed E-state index contributed by atoms with van der Waals surface area (Å²) in [5.74, 6) is 0.800. The molecular formula is C17H19NO2. The molecule has 104 valence electrons. The molecule has 0 radical (unpaired) electrons. The minimum Gasteiger partial charge on any atom is -0.491 e. The van der Waals surface area contributed by atoms with Crippen molar-refractivity contribution in [2.24, 2.45) is 0 Å². The van der Waals surface area contributed by atoms with E-state index in [0.717, 1.165) is 11.3 Å². The zero-order chi connectivity index (χ0) is 14.4. The molecule has 2 aromatic rings. The van der Waals surface area contributed by atoms with Crippen molar-refractivity contribution in [2.45, 2.75) is 13.8 Å². The number of nitrogens with one attached hydrogen (secondary N) is 1. The van der Waals surface area contributed by atoms with Gasteiger partial charge in [0.05, 0.1) is 6.54 Å². The van der Waals surface area contributed by atoms with Crippen LogP contribution in [0.5, 0.6) is 5.75 Å². The van der Waals surface area contributed by atoms with Crippen LogP contribution in [0.1, 0.15) is 21.5 Å². The third-order valence-corrected chi connectivity index (χ3v) is 3.24. The van der Waals surface area contributed by atoms with Crippen molar-refractivity contribution in [3.05, 3.63) is 65.2 Å². The summed E-state index contributed by atoms with van der Waals surface area (Å²) < 4.78 is 5.69. The Morgan fingerprint density at radius 1 is 1.05 bits per heavy atom. The molecule has 0 aliphatic carbocycles. The Bertz CT molecular complexity index is 579. The van der Waals surface area contributed by atoms with Crippen LogP contribution in [0.4, 0.5) is 0 Å². The van der Waals surface area contributed by atoms with E-state index in [2.05, 4.69) is 18.3 Å². The van der Waals surface area contributed by atoms with Gasteiger partial charge in [-0.2, -0.15) is 0 Å². The molecule has 0 saturated carbocycles. The van der Waals surface area contributed by atoms with Crippen molar-refractivity contribution in [3.63, 3.8) is 0 Å². The van der Waals surface area contributed by atoms with Gasteiger partial charge in [-0.05, 0) is 43.2 Å². The number of carbonyl (C=O) groups is 1. The Morgan fingerprint density at radius 2 is 1.80 bits per heavy atom. The molecule has 0 atom stereocenters. The van der Waals surface area contributed by atoms with E-state index in [9.17, 15) is 4.79 Å². The highest BCUT2D eigenvalue weighted by molar-refractivity contribution is 5.94. The van der Waals surface area contributed by atoms with E-state index < -0.39 is 0 Å². The molecule has 1 amide bonds. The van der Waals surface area contributed by atoms with E-state index >= 15 is 0 Å². The van der Waals surface area contributed by atoms with Crippen LogP contribution in [0.2, 0.25) is 0 Å². The average molecular weight is 269 g/mol. The summed E-state index contributed by atoms with van der Waals surface area (Å²) >= 11 is 0. The molecule has 3 heteroatoms. The van der Waals surface area contributed by atoms with E-state index in [-0.39, 0.29) is 5.91 Å². The van der Waals surface area contributed by atoms with Crippen molar-refractivity contribution in [3.8, 4) is 5.75 Å². The molecule has 0 aliphatic rings. The second-order valence-electron chi connectivity index (χ2n) is 4.67. The Balaban J connectivity index is 1.80. The van der Waals surface area contributed by atoms with Gasteiger partial charge < -0.3 is 10.1 Å². The van der Waals surface area contributed by atoms with E-state index in [4.69, 9.17) is 4.74 Å². The van der Waals surface area contributed by atoms with E-state index in [1.54, 1.807) is 12.1 Å². The molecule has 0 saturated heterocycles. The maximum absolute atomic E-state index is 11.8. The van der Waals surface area contributed by atoms with Crippen molar-refractivity contribution >= 4 is 5.91 Å². The predicted molar refractivity (Wildman–Crippen MR) is 80.2 cm³/mol. The van der Waals surface area contributed by atoms with Gasteiger partial charge in [0, 0.05) is 5.56 Å². The largest absolute Gasteiger partial charge is 0.491 e. The molecule has 0 unspecified atom stereocenters. The number of aryl methyl sites for hydroxylation is 1. The summed E-state index contributed by atoms with van der Waals surface area (Å²) in [6, 6.07) is 15.1. The molecule has 3 nitrogen and oxygen atoms in total. The van der Waals surface area contributed by atoms with Gasteiger partial charge in [-0.3, -0.25) is 4.79 Å². The number of benzene rings is 2. The van der Waals surface area contributed by atoms with Crippen molar-refractivity contribution in [2.75, 3.05) is 13.2 Å². The topological polar surface area (TPSA) is 38.3 Å². The lowest BCUT2D eigenvalue weighted by molar-refractivity contribution is 0.0947. The molecule has 0 heterocycles. The Kier molecular flexibility index (Phi) is 4.77. The Hall–Kier alpha value is -2.29. The summed E-state index contributed by atoms with van der Waals surface area (Å²) in [7, 11) is 0. The summed E-state index contributed by atoms with van der Waals surface area (Å²) in [6.45, 7) is 5.04. The molecule has 2 aromatic carbocycles. The van der Waals surface area contributed by atoms with Crippen molar-refractivity contribution < 1.29 is 9.53 Å². The maximum Gasteiger partial charge on any atom is 0.251 e. The van der Waals surface area contributed by atoms with Gasteiger partial charge in [-0.15, -0.1) is 0 Å². The summed E-state index contributed by atoms with van der Waals surface area (Å²) in [5, 5.41) is 2.84. The van der Waals surface area contributed by atoms with Gasteiger partial charge in [0.15, 0.2) is 0 Å². The molecule has 2 rings (SSSR count). The third kappa shape index (κ3) is 3.60. The van der Waals surface area contributed by atoms with Crippen LogP contribution in [-0.2, 0) is 0 Å². The first-order valence-electron chi connectivity index (χ1n) is 6.71. The van der Waals surface area contributed by atoms with Gasteiger partial charge in [-0.1, -0.05) is 30.3 Å². The molecule has 20 heavy (non-hydrogen) atoms. The minimum absolute atomic E-state index is 0.0739. The van der Waals surface area contributed by atoms with E-state index in [0.29, 0.717) is 18.7 Å². The summed E-state index contributed by atoms with van der Waals surface area (Å²) in [5.41, 5.74) is 3.01. The van der Waals surface area contributed by atoms with Gasteiger partial charge in [0.1, 0.15) is 12.4 Å². The molecule has 0 bridgehead atoms. The molecule has 0 fully saturated rings. The second-order valence-corrected chi connectivity index (χ2v) is 4.67. The third-order valence-electron chi connectivity index (χ3n) is 3.24. The van der Waals surface area contributed by atoms with Gasteiger partial charge >= 0.3 is 0 Å². The highest BCUT2D eigenvalue weighted by atomic mass is 16.5. The standard InChI is InChI=1S/C17H19NO2/c1-13-7-6-10-16(14(13)2)20-12-11-18-17(19)15-8-4-3-5-9-15/h3-10H,11-12H2,1-2H3,(H,18,19). The molecule has 1 N–H and O–H groups in total. The highest BCUT2D eigenvalue weighted by Gasteiger charge is 2.04. The molecular weight excluding hydrogens is 250 g/mol. The van der Waals surface area contributed by atoms with Crippen LogP contribution in [0, 0.1) is 13.8 Å². The monoisotopic (exact) mass is 269 g/mol. The number of carbonyl (C=O) groups excluding carboxylic acids is 1. The smallest absolute Gasteiger partial charge is 0.251 e. The van der Waals surface area contributed by atoms with Gasteiger partial charge in [0.2, 0.25) is 0 Å². The lowest BCUT2D eigenvalue weighted by Crippen LogP contribution is -2.28. The number of hydrogen-bond acceptors (Lipinski definition) is 2. The lowest BCUT2D eigenvalue weighted by Gasteiger charge is -2.11. The van der Waals surface area contributed by atoms with Crippen molar-refractivity contribution in [1.29, 1.82) is 0 Å². The van der Waals surface area contributed by atoms with Gasteiger partial charge in [0.25, 0.3) is 5.91 Å². The van der Waals surface area contributed by atoms with Crippen LogP contribution in [-0.4, -0.2) is 19.1 Å². The van der Waals surface area contributed by atoms with Crippen LogP contribution in [0.3, 0.4) is 0 Å². The Labute approximate surface area is 119 Å². The first-order chi connectivity index (χ1) is 9.68. The van der Waals surface area contributed by atoms with Crippen LogP contribution in [0.25, 0.3) is 0 Å². The number of hydrogen-bond donors (Lipinski definition) is 1. The number of ether oxygens (including phenoxy) is 1. The highest BCUT2D eigenvalue weighted by Crippen LogP contribution is 2.20. The number of amides is 1. The maximum atomic E-state index is 11.8. The fourth-order valence-corrected chi connectivity index (χ4v) is 1.90. The van der Waals surface area contributed by atoms with Crippen LogP contribution >= 0.6 is 0 Å². The van der Waals surface area contributed by atoms with Crippen LogP contribution in [0.15, 0.2) is 48.5 Å². The summed E-state index contributed by atoms with van der Waals surface area (Å²) in [4.78, 5) is 11.8. The normalized spacial score (nSPS) is 10.1. The Morgan fingerprint density at radius 3 is 2.55 bits per heavy atom. The minimum atomic E-state index is -0.0739. The second kappa shape index (κ2) is 6.75. The predicted octanol–water partition coefficient (Wildman–Crippen LogP) is 3.11. The van der Waals surface area contributed by atoms with E-state index in [1.165, 1.54) is 5.56 Å². The fraction of sp³-hybridized carbons (Fsp3) is 0.235. The zero-order valence-corrected chi connectivity index (χ0v) is 11.8. The first kappa shape index (κ1) is 14.1. The molecule has 0 spiro atoms. The average Bonchev–Trinajstić information content (AvgIpc) is 2.48.